The van der Waals surface area contributed by atoms with Crippen molar-refractivity contribution in [1.82, 2.24) is 0 Å². The molecular formula is C11H23NO. The molecule has 0 bridgehead atoms. The average Bonchev–Trinajstić information content (AvgIpc) is 2.04. The van der Waals surface area contributed by atoms with Crippen molar-refractivity contribution in [2.45, 2.75) is 65.2 Å². The summed E-state index contributed by atoms with van der Waals surface area (Å²) in [6, 6.07) is 0.325. The monoisotopic (exact) mass is 185 g/mol. The first-order chi connectivity index (χ1) is 5.98. The molecule has 1 rings (SSSR count). The highest BCUT2D eigenvalue weighted by atomic mass is 16.5. The maximum atomic E-state index is 5.93. The molecule has 0 spiro atoms. The van der Waals surface area contributed by atoms with Crippen LogP contribution in [-0.4, -0.2) is 18.2 Å². The van der Waals surface area contributed by atoms with Crippen LogP contribution in [0.25, 0.3) is 0 Å². The zero-order chi connectivity index (χ0) is 10.1. The van der Waals surface area contributed by atoms with Gasteiger partial charge in [-0.05, 0) is 19.8 Å². The van der Waals surface area contributed by atoms with Crippen LogP contribution < -0.4 is 5.73 Å². The smallest absolute Gasteiger partial charge is 0.0659 e. The molecule has 2 N–H and O–H groups in total. The highest BCUT2D eigenvalue weighted by molar-refractivity contribution is 5.01. The van der Waals surface area contributed by atoms with Crippen LogP contribution in [0.4, 0.5) is 0 Å². The third kappa shape index (κ3) is 2.23. The molecule has 0 aromatic heterocycles. The van der Waals surface area contributed by atoms with E-state index in [4.69, 9.17) is 10.5 Å². The van der Waals surface area contributed by atoms with E-state index in [1.165, 1.54) is 6.42 Å². The molecule has 1 saturated carbocycles. The molecule has 1 fully saturated rings. The second-order valence-corrected chi connectivity index (χ2v) is 4.89. The molecule has 3 unspecified atom stereocenters. The summed E-state index contributed by atoms with van der Waals surface area (Å²) in [4.78, 5) is 0. The topological polar surface area (TPSA) is 35.2 Å². The van der Waals surface area contributed by atoms with Crippen molar-refractivity contribution in [3.63, 3.8) is 0 Å². The molecule has 3 atom stereocenters. The van der Waals surface area contributed by atoms with Gasteiger partial charge >= 0.3 is 0 Å². The molecule has 13 heavy (non-hydrogen) atoms. The van der Waals surface area contributed by atoms with Gasteiger partial charge in [-0.3, -0.25) is 0 Å². The van der Waals surface area contributed by atoms with Crippen LogP contribution in [0.2, 0.25) is 0 Å². The Morgan fingerprint density at radius 3 is 2.54 bits per heavy atom. The lowest BCUT2D eigenvalue weighted by Crippen LogP contribution is -2.59. The normalized spacial score (nSPS) is 33.9. The maximum absolute atomic E-state index is 5.93. The summed E-state index contributed by atoms with van der Waals surface area (Å²) in [6.45, 7) is 8.75. The molecule has 0 aromatic rings. The van der Waals surface area contributed by atoms with Gasteiger partial charge in [-0.1, -0.05) is 27.2 Å². The van der Waals surface area contributed by atoms with Gasteiger partial charge in [0.25, 0.3) is 0 Å². The van der Waals surface area contributed by atoms with E-state index in [0.29, 0.717) is 18.2 Å². The summed E-state index contributed by atoms with van der Waals surface area (Å²) in [6.07, 6.45) is 4.15. The van der Waals surface area contributed by atoms with E-state index in [2.05, 4.69) is 27.7 Å². The first kappa shape index (κ1) is 11.0. The van der Waals surface area contributed by atoms with E-state index in [-0.39, 0.29) is 5.41 Å². The number of hydrogen-bond donors (Lipinski definition) is 1. The van der Waals surface area contributed by atoms with Gasteiger partial charge in [0.1, 0.15) is 0 Å². The molecule has 0 radical (unpaired) electrons. The van der Waals surface area contributed by atoms with Gasteiger partial charge in [0.05, 0.1) is 12.2 Å². The molecule has 1 aliphatic carbocycles. The van der Waals surface area contributed by atoms with Crippen molar-refractivity contribution < 1.29 is 4.74 Å². The first-order valence-corrected chi connectivity index (χ1v) is 5.39. The molecule has 78 valence electrons. The highest BCUT2D eigenvalue weighted by Gasteiger charge is 2.47. The van der Waals surface area contributed by atoms with Crippen LogP contribution in [0, 0.1) is 5.41 Å². The second kappa shape index (κ2) is 3.97. The SMILES string of the molecule is CCCC(C)OC1CC(N)C1(C)C. The molecule has 0 heterocycles. The Morgan fingerprint density at radius 1 is 1.54 bits per heavy atom. The minimum Gasteiger partial charge on any atom is -0.375 e. The largest absolute Gasteiger partial charge is 0.375 e. The average molecular weight is 185 g/mol. The van der Waals surface area contributed by atoms with E-state index < -0.39 is 0 Å². The molecule has 0 saturated heterocycles. The fraction of sp³-hybridized carbons (Fsp3) is 1.00. The lowest BCUT2D eigenvalue weighted by atomic mass is 9.65. The van der Waals surface area contributed by atoms with E-state index in [1.54, 1.807) is 0 Å². The Morgan fingerprint density at radius 2 is 2.15 bits per heavy atom. The van der Waals surface area contributed by atoms with Gasteiger partial charge in [-0.15, -0.1) is 0 Å². The van der Waals surface area contributed by atoms with Crippen molar-refractivity contribution in [3.05, 3.63) is 0 Å². The molecule has 0 aromatic carbocycles. The molecule has 2 nitrogen and oxygen atoms in total. The summed E-state index contributed by atoms with van der Waals surface area (Å²) in [5.74, 6) is 0. The molecule has 0 amide bonds. The van der Waals surface area contributed by atoms with Gasteiger partial charge in [0.15, 0.2) is 0 Å². The summed E-state index contributed by atoms with van der Waals surface area (Å²) < 4.78 is 5.93. The van der Waals surface area contributed by atoms with E-state index in [0.717, 1.165) is 12.8 Å². The molecule has 1 aliphatic rings. The minimum absolute atomic E-state index is 0.183. The maximum Gasteiger partial charge on any atom is 0.0659 e. The van der Waals surface area contributed by atoms with Gasteiger partial charge in [0.2, 0.25) is 0 Å². The summed E-state index contributed by atoms with van der Waals surface area (Å²) in [5.41, 5.74) is 6.10. The number of hydrogen-bond acceptors (Lipinski definition) is 2. The van der Waals surface area contributed by atoms with E-state index >= 15 is 0 Å². The van der Waals surface area contributed by atoms with E-state index in [1.807, 2.05) is 0 Å². The van der Waals surface area contributed by atoms with Crippen molar-refractivity contribution in [3.8, 4) is 0 Å². The summed E-state index contributed by atoms with van der Waals surface area (Å²) >= 11 is 0. The molecule has 2 heteroatoms. The van der Waals surface area contributed by atoms with Crippen molar-refractivity contribution in [1.29, 1.82) is 0 Å². The predicted octanol–water partition coefficient (Wildman–Crippen LogP) is 2.32. The Hall–Kier alpha value is -0.0800. The fourth-order valence-corrected chi connectivity index (χ4v) is 1.90. The standard InChI is InChI=1S/C11H23NO/c1-5-6-8(2)13-10-7-9(12)11(10,3)4/h8-10H,5-7,12H2,1-4H3. The quantitative estimate of drug-likeness (QED) is 0.729. The summed E-state index contributed by atoms with van der Waals surface area (Å²) in [7, 11) is 0. The minimum atomic E-state index is 0.183. The van der Waals surface area contributed by atoms with Crippen LogP contribution >= 0.6 is 0 Å². The zero-order valence-corrected chi connectivity index (χ0v) is 9.34. The van der Waals surface area contributed by atoms with Crippen LogP contribution in [0.5, 0.6) is 0 Å². The van der Waals surface area contributed by atoms with Gasteiger partial charge < -0.3 is 10.5 Å². The lowest BCUT2D eigenvalue weighted by Gasteiger charge is -2.50. The Bertz CT molecular complexity index is 167. The van der Waals surface area contributed by atoms with Crippen molar-refractivity contribution in [2.24, 2.45) is 11.1 Å². The van der Waals surface area contributed by atoms with Crippen molar-refractivity contribution in [2.75, 3.05) is 0 Å². The van der Waals surface area contributed by atoms with Crippen LogP contribution in [0.15, 0.2) is 0 Å². The second-order valence-electron chi connectivity index (χ2n) is 4.89. The number of rotatable bonds is 4. The van der Waals surface area contributed by atoms with Crippen molar-refractivity contribution >= 4 is 0 Å². The Labute approximate surface area is 81.8 Å². The number of nitrogens with two attached hydrogens (primary N) is 1. The van der Waals surface area contributed by atoms with Crippen LogP contribution in [0.3, 0.4) is 0 Å². The zero-order valence-electron chi connectivity index (χ0n) is 9.34. The first-order valence-electron chi connectivity index (χ1n) is 5.39. The van der Waals surface area contributed by atoms with E-state index in [9.17, 15) is 0 Å². The molecule has 0 aliphatic heterocycles. The van der Waals surface area contributed by atoms with Crippen LogP contribution in [-0.2, 0) is 4.74 Å². The third-order valence-corrected chi connectivity index (χ3v) is 3.35. The lowest BCUT2D eigenvalue weighted by molar-refractivity contribution is -0.136. The van der Waals surface area contributed by atoms with Gasteiger partial charge in [-0.2, -0.15) is 0 Å². The fourth-order valence-electron chi connectivity index (χ4n) is 1.90. The van der Waals surface area contributed by atoms with Gasteiger partial charge in [-0.25, -0.2) is 0 Å². The third-order valence-electron chi connectivity index (χ3n) is 3.35. The number of ether oxygens (including phenoxy) is 1. The Kier molecular flexibility index (Phi) is 3.36. The van der Waals surface area contributed by atoms with Gasteiger partial charge in [0, 0.05) is 11.5 Å². The Balaban J connectivity index is 2.31. The molecular weight excluding hydrogens is 162 g/mol. The van der Waals surface area contributed by atoms with Crippen LogP contribution in [0.1, 0.15) is 47.0 Å². The highest BCUT2D eigenvalue weighted by Crippen LogP contribution is 2.42. The summed E-state index contributed by atoms with van der Waals surface area (Å²) in [5, 5.41) is 0. The predicted molar refractivity (Wildman–Crippen MR) is 55.6 cm³/mol.